The summed E-state index contributed by atoms with van der Waals surface area (Å²) >= 11 is 1.13. The first-order valence-electron chi connectivity index (χ1n) is 14.6. The minimum Gasteiger partial charge on any atom is -0.478 e. The summed E-state index contributed by atoms with van der Waals surface area (Å²) in [5.74, 6) is -4.45. The Morgan fingerprint density at radius 2 is 1.67 bits per heavy atom. The number of nitrogens with zero attached hydrogens (tertiary/aromatic N) is 3. The van der Waals surface area contributed by atoms with Gasteiger partial charge in [0.05, 0.1) is 36.1 Å². The highest BCUT2D eigenvalue weighted by Crippen LogP contribution is 2.42. The van der Waals surface area contributed by atoms with Gasteiger partial charge in [0.2, 0.25) is 5.91 Å². The van der Waals surface area contributed by atoms with Crippen LogP contribution in [0.2, 0.25) is 0 Å². The molecule has 1 amide bonds. The van der Waals surface area contributed by atoms with Gasteiger partial charge in [-0.1, -0.05) is 24.8 Å². The van der Waals surface area contributed by atoms with Gasteiger partial charge in [0.1, 0.15) is 5.75 Å². The van der Waals surface area contributed by atoms with Crippen molar-refractivity contribution in [2.24, 2.45) is 11.8 Å². The molecule has 46 heavy (non-hydrogen) atoms. The molecule has 1 fully saturated rings. The molecule has 1 aliphatic carbocycles. The van der Waals surface area contributed by atoms with E-state index in [0.717, 1.165) is 48.9 Å². The summed E-state index contributed by atoms with van der Waals surface area (Å²) in [4.78, 5) is 35.7. The lowest BCUT2D eigenvalue weighted by Gasteiger charge is -2.36. The van der Waals surface area contributed by atoms with Gasteiger partial charge < -0.3 is 24.2 Å². The third kappa shape index (κ3) is 8.74. The number of hydrogen-bond acceptors (Lipinski definition) is 8. The highest BCUT2D eigenvalue weighted by molar-refractivity contribution is 7.98. The van der Waals surface area contributed by atoms with E-state index in [9.17, 15) is 27.9 Å². The van der Waals surface area contributed by atoms with E-state index in [-0.39, 0.29) is 30.2 Å². The van der Waals surface area contributed by atoms with Crippen molar-refractivity contribution in [1.82, 2.24) is 9.97 Å². The molecule has 0 atom stereocenters. The number of carboxylic acids is 1. The summed E-state index contributed by atoms with van der Waals surface area (Å²) < 4.78 is 74.1. The van der Waals surface area contributed by atoms with E-state index in [0.29, 0.717) is 23.9 Å². The fourth-order valence-corrected chi connectivity index (χ4v) is 6.12. The number of amides is 1. The molecular weight excluding hydrogens is 630 g/mol. The normalized spacial score (nSPS) is 16.8. The second-order valence-corrected chi connectivity index (χ2v) is 12.0. The van der Waals surface area contributed by atoms with Crippen LogP contribution in [0, 0.1) is 17.7 Å². The number of methoxy groups -OCH3 is 2. The number of anilines is 1. The molecule has 0 unspecified atom stereocenters. The van der Waals surface area contributed by atoms with Gasteiger partial charge in [0, 0.05) is 50.4 Å². The van der Waals surface area contributed by atoms with Crippen LogP contribution in [0.5, 0.6) is 11.5 Å². The minimum atomic E-state index is -4.88. The van der Waals surface area contributed by atoms with Gasteiger partial charge in [0.25, 0.3) is 0 Å². The van der Waals surface area contributed by atoms with Crippen molar-refractivity contribution in [2.45, 2.75) is 55.7 Å². The van der Waals surface area contributed by atoms with Crippen molar-refractivity contribution in [2.75, 3.05) is 32.3 Å². The molecule has 2 aromatic carbocycles. The zero-order chi connectivity index (χ0) is 33.4. The number of hydrogen-bond donors (Lipinski definition) is 1. The molecule has 1 aromatic heterocycles. The summed E-state index contributed by atoms with van der Waals surface area (Å²) in [5.41, 5.74) is -1.70. The minimum absolute atomic E-state index is 0.0440. The third-order valence-corrected chi connectivity index (χ3v) is 8.65. The van der Waals surface area contributed by atoms with Crippen molar-refractivity contribution >= 4 is 29.3 Å². The number of alkyl halides is 3. The first-order valence-corrected chi connectivity index (χ1v) is 15.6. The lowest BCUT2D eigenvalue weighted by Crippen LogP contribution is -2.49. The van der Waals surface area contributed by atoms with Crippen LogP contribution in [0.1, 0.15) is 54.1 Å². The predicted molar refractivity (Wildman–Crippen MR) is 163 cm³/mol. The molecule has 1 aliphatic rings. The van der Waals surface area contributed by atoms with Crippen molar-refractivity contribution < 1.29 is 46.5 Å². The van der Waals surface area contributed by atoms with E-state index in [2.05, 4.69) is 16.9 Å². The molecule has 1 heterocycles. The molecule has 0 saturated heterocycles. The predicted octanol–water partition coefficient (Wildman–Crippen LogP) is 7.24. The van der Waals surface area contributed by atoms with Gasteiger partial charge in [-0.15, -0.1) is 0 Å². The average molecular weight is 666 g/mol. The summed E-state index contributed by atoms with van der Waals surface area (Å²) in [6.07, 6.45) is 0.897. The fourth-order valence-electron chi connectivity index (χ4n) is 5.38. The molecule has 0 aliphatic heterocycles. The summed E-state index contributed by atoms with van der Waals surface area (Å²) in [6.45, 7) is 2.00. The standard InChI is InChI=1S/C32H35F4N3O6S/c1-19-5-8-21(9-6-19)29(40)39(22(16-43-2)17-44-3)26-15-25(33)28(14-23(26)30(41)42)45-27-10-7-20(13-24(27)32(34,35)36)18-46-31-37-11-4-12-38-31/h4,7,10-15,19,21-22H,5-6,8-9,16-18H2,1-3H3,(H,41,42). The van der Waals surface area contributed by atoms with E-state index in [1.807, 2.05) is 0 Å². The monoisotopic (exact) mass is 665 g/mol. The number of thioether (sulfide) groups is 1. The number of benzene rings is 2. The van der Waals surface area contributed by atoms with Gasteiger partial charge in [-0.25, -0.2) is 19.2 Å². The van der Waals surface area contributed by atoms with Crippen LogP contribution >= 0.6 is 11.8 Å². The van der Waals surface area contributed by atoms with Gasteiger partial charge in [-0.2, -0.15) is 13.2 Å². The Kier molecular flexibility index (Phi) is 12.0. The van der Waals surface area contributed by atoms with E-state index < -0.39 is 58.5 Å². The first kappa shape index (κ1) is 35.1. The van der Waals surface area contributed by atoms with Gasteiger partial charge >= 0.3 is 12.1 Å². The van der Waals surface area contributed by atoms with E-state index in [1.165, 1.54) is 37.6 Å². The number of aromatic nitrogens is 2. The smallest absolute Gasteiger partial charge is 0.419 e. The van der Waals surface area contributed by atoms with Crippen LogP contribution in [-0.4, -0.2) is 60.4 Å². The molecular formula is C32H35F4N3O6S. The summed E-state index contributed by atoms with van der Waals surface area (Å²) in [5, 5.41) is 10.5. The summed E-state index contributed by atoms with van der Waals surface area (Å²) in [7, 11) is 2.81. The Morgan fingerprint density at radius 1 is 1.02 bits per heavy atom. The maximum Gasteiger partial charge on any atom is 0.419 e. The van der Waals surface area contributed by atoms with Gasteiger partial charge in [0.15, 0.2) is 16.7 Å². The van der Waals surface area contributed by atoms with E-state index >= 15 is 4.39 Å². The topological polar surface area (TPSA) is 111 Å². The molecule has 0 spiro atoms. The Morgan fingerprint density at radius 3 is 2.26 bits per heavy atom. The van der Waals surface area contributed by atoms with Crippen LogP contribution in [0.25, 0.3) is 0 Å². The highest BCUT2D eigenvalue weighted by Gasteiger charge is 2.37. The van der Waals surface area contributed by atoms with Crippen molar-refractivity contribution in [3.8, 4) is 11.5 Å². The molecule has 9 nitrogen and oxygen atoms in total. The van der Waals surface area contributed by atoms with Crippen molar-refractivity contribution in [1.29, 1.82) is 0 Å². The van der Waals surface area contributed by atoms with Gasteiger partial charge in [-0.05, 0) is 55.4 Å². The molecule has 1 N–H and O–H groups in total. The fraction of sp³-hybridized carbons (Fsp3) is 0.438. The maximum atomic E-state index is 15.7. The van der Waals surface area contributed by atoms with Crippen LogP contribution in [0.4, 0.5) is 23.2 Å². The van der Waals surface area contributed by atoms with Crippen LogP contribution < -0.4 is 9.64 Å². The number of halogens is 4. The average Bonchev–Trinajstić information content (AvgIpc) is 3.02. The number of aromatic carboxylic acids is 1. The van der Waals surface area contributed by atoms with E-state index in [1.54, 1.807) is 6.07 Å². The largest absolute Gasteiger partial charge is 0.478 e. The van der Waals surface area contributed by atoms with Gasteiger partial charge in [-0.3, -0.25) is 4.79 Å². The Bertz CT molecular complexity index is 1500. The van der Waals surface area contributed by atoms with Crippen LogP contribution in [-0.2, 0) is 26.2 Å². The molecule has 4 rings (SSSR count). The number of ether oxygens (including phenoxy) is 3. The Labute approximate surface area is 268 Å². The first-order chi connectivity index (χ1) is 21.9. The third-order valence-electron chi connectivity index (χ3n) is 7.71. The lowest BCUT2D eigenvalue weighted by atomic mass is 9.82. The molecule has 3 aromatic rings. The second-order valence-electron chi connectivity index (χ2n) is 11.1. The second kappa shape index (κ2) is 15.7. The van der Waals surface area contributed by atoms with Crippen molar-refractivity contribution in [3.05, 3.63) is 71.3 Å². The molecule has 0 radical (unpaired) electrons. The number of carbonyl (C=O) groups excluding carboxylic acids is 1. The highest BCUT2D eigenvalue weighted by atomic mass is 32.2. The Balaban J connectivity index is 1.71. The molecule has 0 bridgehead atoms. The maximum absolute atomic E-state index is 15.7. The van der Waals surface area contributed by atoms with E-state index in [4.69, 9.17) is 14.2 Å². The molecule has 248 valence electrons. The number of carboxylic acid groups (broad SMARTS) is 1. The molecule has 14 heteroatoms. The van der Waals surface area contributed by atoms with Crippen LogP contribution in [0.15, 0.2) is 53.9 Å². The number of rotatable bonds is 13. The van der Waals surface area contributed by atoms with Crippen LogP contribution in [0.3, 0.4) is 0 Å². The molecule has 1 saturated carbocycles. The Hall–Kier alpha value is -3.75. The van der Waals surface area contributed by atoms with Crippen molar-refractivity contribution in [3.63, 3.8) is 0 Å². The number of carbonyl (C=O) groups is 2. The summed E-state index contributed by atoms with van der Waals surface area (Å²) in [6, 6.07) is 5.71. The zero-order valence-electron chi connectivity index (χ0n) is 25.6. The zero-order valence-corrected chi connectivity index (χ0v) is 26.4. The SMILES string of the molecule is COCC(COC)N(C(=O)C1CCC(C)CC1)c1cc(F)c(Oc2ccc(CSc3ncccn3)cc2C(F)(F)F)cc1C(=O)O. The lowest BCUT2D eigenvalue weighted by molar-refractivity contribution is -0.138. The quantitative estimate of drug-likeness (QED) is 0.115.